The molecular formula is C20H14ClN5O. The first kappa shape index (κ1) is 17.0. The number of para-hydroxylation sites is 1. The standard InChI is InChI=1S/C20H14ClN5O/c1-13-17(10-22)19(26(24-13)15-5-3-2-4-6-15)11-25-12-23-18-9-14(21)7-8-16(18)20(25)27/h2-9,12H,11H2,1H3. The summed E-state index contributed by atoms with van der Waals surface area (Å²) in [6.45, 7) is 1.97. The lowest BCUT2D eigenvalue weighted by Gasteiger charge is -2.10. The predicted molar refractivity (Wildman–Crippen MR) is 103 cm³/mol. The Hall–Kier alpha value is -3.43. The Kier molecular flexibility index (Phi) is 4.22. The average Bonchev–Trinajstić information content (AvgIpc) is 3.00. The van der Waals surface area contributed by atoms with Crippen LogP contribution in [0.3, 0.4) is 0 Å². The van der Waals surface area contributed by atoms with Crippen molar-refractivity contribution in [1.29, 1.82) is 5.26 Å². The number of aryl methyl sites for hydroxylation is 1. The third-order valence-electron chi connectivity index (χ3n) is 4.38. The van der Waals surface area contributed by atoms with E-state index in [2.05, 4.69) is 16.2 Å². The molecule has 0 atom stereocenters. The van der Waals surface area contributed by atoms with E-state index < -0.39 is 0 Å². The van der Waals surface area contributed by atoms with E-state index in [1.54, 1.807) is 29.8 Å². The van der Waals surface area contributed by atoms with Crippen LogP contribution in [0, 0.1) is 18.3 Å². The number of aromatic nitrogens is 4. The molecule has 27 heavy (non-hydrogen) atoms. The largest absolute Gasteiger partial charge is 0.293 e. The third kappa shape index (κ3) is 2.98. The first-order chi connectivity index (χ1) is 13.1. The highest BCUT2D eigenvalue weighted by Gasteiger charge is 2.18. The van der Waals surface area contributed by atoms with Crippen LogP contribution in [0.5, 0.6) is 0 Å². The molecular weight excluding hydrogens is 362 g/mol. The summed E-state index contributed by atoms with van der Waals surface area (Å²) >= 11 is 5.98. The van der Waals surface area contributed by atoms with Crippen molar-refractivity contribution >= 4 is 22.5 Å². The highest BCUT2D eigenvalue weighted by Crippen LogP contribution is 2.19. The molecule has 0 aliphatic carbocycles. The van der Waals surface area contributed by atoms with Gasteiger partial charge in [-0.2, -0.15) is 10.4 Å². The van der Waals surface area contributed by atoms with E-state index in [-0.39, 0.29) is 12.1 Å². The van der Waals surface area contributed by atoms with E-state index in [0.29, 0.717) is 32.9 Å². The number of nitriles is 1. The predicted octanol–water partition coefficient (Wildman–Crippen LogP) is 3.46. The van der Waals surface area contributed by atoms with Gasteiger partial charge in [0.1, 0.15) is 6.07 Å². The van der Waals surface area contributed by atoms with Gasteiger partial charge in [0.2, 0.25) is 0 Å². The number of halogens is 1. The highest BCUT2D eigenvalue weighted by atomic mass is 35.5. The van der Waals surface area contributed by atoms with Gasteiger partial charge in [-0.1, -0.05) is 29.8 Å². The van der Waals surface area contributed by atoms with Crippen molar-refractivity contribution in [1.82, 2.24) is 19.3 Å². The summed E-state index contributed by atoms with van der Waals surface area (Å²) in [7, 11) is 0. The summed E-state index contributed by atoms with van der Waals surface area (Å²) in [6.07, 6.45) is 1.47. The smallest absolute Gasteiger partial charge is 0.261 e. The van der Waals surface area contributed by atoms with Gasteiger partial charge in [0.05, 0.1) is 46.4 Å². The number of hydrogen-bond acceptors (Lipinski definition) is 4. The van der Waals surface area contributed by atoms with Crippen molar-refractivity contribution < 1.29 is 0 Å². The van der Waals surface area contributed by atoms with Gasteiger partial charge in [0.15, 0.2) is 0 Å². The number of rotatable bonds is 3. The Balaban J connectivity index is 1.87. The minimum absolute atomic E-state index is 0.184. The molecule has 2 heterocycles. The Labute approximate surface area is 159 Å². The molecule has 6 nitrogen and oxygen atoms in total. The molecule has 7 heteroatoms. The van der Waals surface area contributed by atoms with Crippen molar-refractivity contribution in [3.05, 3.63) is 87.2 Å². The monoisotopic (exact) mass is 375 g/mol. The maximum Gasteiger partial charge on any atom is 0.261 e. The van der Waals surface area contributed by atoms with Gasteiger partial charge in [0.25, 0.3) is 5.56 Å². The Morgan fingerprint density at radius 2 is 1.96 bits per heavy atom. The first-order valence-corrected chi connectivity index (χ1v) is 8.65. The summed E-state index contributed by atoms with van der Waals surface area (Å²) in [5.41, 5.74) is 2.88. The highest BCUT2D eigenvalue weighted by molar-refractivity contribution is 6.31. The van der Waals surface area contributed by atoms with Crippen LogP contribution < -0.4 is 5.56 Å². The van der Waals surface area contributed by atoms with Crippen molar-refractivity contribution in [3.63, 3.8) is 0 Å². The lowest BCUT2D eigenvalue weighted by Crippen LogP contribution is -2.23. The molecule has 4 aromatic rings. The van der Waals surface area contributed by atoms with Gasteiger partial charge >= 0.3 is 0 Å². The van der Waals surface area contributed by atoms with Gasteiger partial charge in [-0.3, -0.25) is 9.36 Å². The number of benzene rings is 2. The Bertz CT molecular complexity index is 1250. The summed E-state index contributed by atoms with van der Waals surface area (Å²) < 4.78 is 3.18. The van der Waals surface area contributed by atoms with Crippen LogP contribution in [0.15, 0.2) is 59.7 Å². The van der Waals surface area contributed by atoms with E-state index in [4.69, 9.17) is 11.6 Å². The van der Waals surface area contributed by atoms with Gasteiger partial charge < -0.3 is 0 Å². The minimum atomic E-state index is -0.195. The normalized spacial score (nSPS) is 10.9. The average molecular weight is 376 g/mol. The summed E-state index contributed by atoms with van der Waals surface area (Å²) in [4.78, 5) is 17.2. The topological polar surface area (TPSA) is 76.5 Å². The zero-order valence-electron chi connectivity index (χ0n) is 14.4. The van der Waals surface area contributed by atoms with Crippen LogP contribution in [0.25, 0.3) is 16.6 Å². The minimum Gasteiger partial charge on any atom is -0.293 e. The molecule has 0 aliphatic heterocycles. The molecule has 132 valence electrons. The van der Waals surface area contributed by atoms with Crippen molar-refractivity contribution in [2.24, 2.45) is 0 Å². The van der Waals surface area contributed by atoms with Gasteiger partial charge in [-0.25, -0.2) is 9.67 Å². The fourth-order valence-electron chi connectivity index (χ4n) is 3.05. The van der Waals surface area contributed by atoms with Gasteiger partial charge in [-0.15, -0.1) is 0 Å². The van der Waals surface area contributed by atoms with E-state index >= 15 is 0 Å². The molecule has 0 bridgehead atoms. The zero-order valence-corrected chi connectivity index (χ0v) is 15.2. The molecule has 0 aliphatic rings. The van der Waals surface area contributed by atoms with E-state index in [0.717, 1.165) is 5.69 Å². The van der Waals surface area contributed by atoms with Gasteiger partial charge in [0, 0.05) is 5.02 Å². The molecule has 4 rings (SSSR count). The molecule has 0 saturated carbocycles. The zero-order chi connectivity index (χ0) is 19.0. The SMILES string of the molecule is Cc1nn(-c2ccccc2)c(Cn2cnc3cc(Cl)ccc3c2=O)c1C#N. The summed E-state index contributed by atoms with van der Waals surface area (Å²) in [5.74, 6) is 0. The maximum absolute atomic E-state index is 12.9. The Morgan fingerprint density at radius 1 is 1.19 bits per heavy atom. The molecule has 0 spiro atoms. The fourth-order valence-corrected chi connectivity index (χ4v) is 3.22. The van der Waals surface area contributed by atoms with E-state index in [1.165, 1.54) is 10.9 Å². The second-order valence-corrected chi connectivity index (χ2v) is 6.54. The van der Waals surface area contributed by atoms with E-state index in [9.17, 15) is 10.1 Å². The van der Waals surface area contributed by atoms with Crippen LogP contribution >= 0.6 is 11.6 Å². The Morgan fingerprint density at radius 3 is 2.70 bits per heavy atom. The molecule has 2 aromatic heterocycles. The maximum atomic E-state index is 12.9. The molecule has 2 aromatic carbocycles. The lowest BCUT2D eigenvalue weighted by molar-refractivity contribution is 0.689. The van der Waals surface area contributed by atoms with Crippen molar-refractivity contribution in [3.8, 4) is 11.8 Å². The van der Waals surface area contributed by atoms with Crippen molar-refractivity contribution in [2.45, 2.75) is 13.5 Å². The fraction of sp³-hybridized carbons (Fsp3) is 0.100. The summed E-state index contributed by atoms with van der Waals surface area (Å²) in [5, 5.41) is 15.1. The van der Waals surface area contributed by atoms with Crippen LogP contribution in [0.2, 0.25) is 5.02 Å². The molecule has 0 fully saturated rings. The van der Waals surface area contributed by atoms with Gasteiger partial charge in [-0.05, 0) is 37.3 Å². The number of fused-ring (bicyclic) bond motifs is 1. The molecule has 0 amide bonds. The van der Waals surface area contributed by atoms with E-state index in [1.807, 2.05) is 30.3 Å². The van der Waals surface area contributed by atoms with Crippen LogP contribution in [-0.2, 0) is 6.54 Å². The van der Waals surface area contributed by atoms with Crippen LogP contribution in [0.1, 0.15) is 17.0 Å². The molecule has 0 saturated heterocycles. The van der Waals surface area contributed by atoms with Crippen LogP contribution in [-0.4, -0.2) is 19.3 Å². The number of hydrogen-bond donors (Lipinski definition) is 0. The lowest BCUT2D eigenvalue weighted by atomic mass is 10.2. The quantitative estimate of drug-likeness (QED) is 0.549. The number of nitrogens with zero attached hydrogens (tertiary/aromatic N) is 5. The second-order valence-electron chi connectivity index (χ2n) is 6.11. The molecule has 0 N–H and O–H groups in total. The second kappa shape index (κ2) is 6.71. The molecule has 0 radical (unpaired) electrons. The first-order valence-electron chi connectivity index (χ1n) is 8.27. The van der Waals surface area contributed by atoms with Crippen LogP contribution in [0.4, 0.5) is 0 Å². The molecule has 0 unspecified atom stereocenters. The van der Waals surface area contributed by atoms with Crippen molar-refractivity contribution in [2.75, 3.05) is 0 Å². The summed E-state index contributed by atoms with van der Waals surface area (Å²) in [6, 6.07) is 16.7. The third-order valence-corrected chi connectivity index (χ3v) is 4.61.